The minimum atomic E-state index is -0.268. The lowest BCUT2D eigenvalue weighted by molar-refractivity contribution is 0.175. The zero-order valence-corrected chi connectivity index (χ0v) is 11.5. The van der Waals surface area contributed by atoms with E-state index < -0.39 is 0 Å². The van der Waals surface area contributed by atoms with Gasteiger partial charge in [0.1, 0.15) is 11.6 Å². The van der Waals surface area contributed by atoms with Crippen molar-refractivity contribution in [2.45, 2.75) is 25.3 Å². The third-order valence-corrected chi connectivity index (χ3v) is 4.14. The summed E-state index contributed by atoms with van der Waals surface area (Å²) in [5, 5.41) is 0. The molecule has 2 heterocycles. The fraction of sp³-hybridized carbons (Fsp3) is 0.500. The zero-order valence-electron chi connectivity index (χ0n) is 10.8. The van der Waals surface area contributed by atoms with Crippen molar-refractivity contribution in [2.75, 3.05) is 13.2 Å². The third kappa shape index (κ3) is 2.23. The van der Waals surface area contributed by atoms with Crippen molar-refractivity contribution in [3.63, 3.8) is 0 Å². The highest BCUT2D eigenvalue weighted by Gasteiger charge is 2.26. The first kappa shape index (κ1) is 12.9. The normalized spacial score (nSPS) is 21.1. The van der Waals surface area contributed by atoms with Gasteiger partial charge in [-0.15, -0.1) is 11.6 Å². The van der Waals surface area contributed by atoms with Crippen molar-refractivity contribution in [3.05, 3.63) is 29.8 Å². The molecule has 1 fully saturated rings. The molecule has 3 nitrogen and oxygen atoms in total. The summed E-state index contributed by atoms with van der Waals surface area (Å²) in [4.78, 5) is 4.43. The van der Waals surface area contributed by atoms with Gasteiger partial charge in [-0.05, 0) is 25.5 Å². The monoisotopic (exact) mass is 282 g/mol. The number of alkyl halides is 1. The SMILES string of the molecule is CC(C1CCOC1)n1c(CCl)nc2cc(F)ccc21. The molecule has 102 valence electrons. The molecule has 2 atom stereocenters. The van der Waals surface area contributed by atoms with E-state index in [9.17, 15) is 4.39 Å². The van der Waals surface area contributed by atoms with E-state index in [0.29, 0.717) is 17.3 Å². The Kier molecular flexibility index (Phi) is 3.46. The Hall–Kier alpha value is -1.13. The molecule has 5 heteroatoms. The molecule has 0 N–H and O–H groups in total. The van der Waals surface area contributed by atoms with Crippen LogP contribution in [-0.4, -0.2) is 22.8 Å². The van der Waals surface area contributed by atoms with Crippen molar-refractivity contribution in [1.82, 2.24) is 9.55 Å². The number of halogens is 2. The average Bonchev–Trinajstić information content (AvgIpc) is 3.04. The van der Waals surface area contributed by atoms with Gasteiger partial charge in [0.05, 0.1) is 23.5 Å². The Bertz CT molecular complexity index is 592. The highest BCUT2D eigenvalue weighted by molar-refractivity contribution is 6.16. The van der Waals surface area contributed by atoms with Gasteiger partial charge in [-0.2, -0.15) is 0 Å². The van der Waals surface area contributed by atoms with Crippen molar-refractivity contribution in [3.8, 4) is 0 Å². The van der Waals surface area contributed by atoms with Gasteiger partial charge < -0.3 is 9.30 Å². The van der Waals surface area contributed by atoms with Crippen LogP contribution in [-0.2, 0) is 10.6 Å². The Balaban J connectivity index is 2.09. The molecule has 19 heavy (non-hydrogen) atoms. The molecule has 3 rings (SSSR count). The van der Waals surface area contributed by atoms with Crippen LogP contribution in [0.2, 0.25) is 0 Å². The molecule has 2 aromatic rings. The molecular formula is C14H16ClFN2O. The van der Waals surface area contributed by atoms with E-state index in [1.165, 1.54) is 12.1 Å². The van der Waals surface area contributed by atoms with Crippen LogP contribution in [0.1, 0.15) is 25.2 Å². The second-order valence-corrected chi connectivity index (χ2v) is 5.30. The maximum absolute atomic E-state index is 13.3. The van der Waals surface area contributed by atoms with E-state index in [0.717, 1.165) is 31.0 Å². The molecule has 1 aromatic carbocycles. The molecule has 0 radical (unpaired) electrons. The summed E-state index contributed by atoms with van der Waals surface area (Å²) in [6, 6.07) is 4.96. The number of aromatic nitrogens is 2. The van der Waals surface area contributed by atoms with Crippen LogP contribution in [0, 0.1) is 11.7 Å². The van der Waals surface area contributed by atoms with E-state index in [2.05, 4.69) is 16.5 Å². The Morgan fingerprint density at radius 3 is 3.11 bits per heavy atom. The van der Waals surface area contributed by atoms with Gasteiger partial charge in [0, 0.05) is 24.6 Å². The molecule has 0 aliphatic carbocycles. The van der Waals surface area contributed by atoms with E-state index in [-0.39, 0.29) is 11.9 Å². The number of rotatable bonds is 3. The second kappa shape index (κ2) is 5.10. The molecule has 0 amide bonds. The van der Waals surface area contributed by atoms with Crippen molar-refractivity contribution in [2.24, 2.45) is 5.92 Å². The first-order chi connectivity index (χ1) is 9.20. The summed E-state index contributed by atoms with van der Waals surface area (Å²) in [7, 11) is 0. The molecule has 0 spiro atoms. The molecule has 1 aromatic heterocycles. The van der Waals surface area contributed by atoms with Crippen LogP contribution in [0.25, 0.3) is 11.0 Å². The Labute approximate surface area is 116 Å². The summed E-state index contributed by atoms with van der Waals surface area (Å²) in [6.45, 7) is 3.73. The smallest absolute Gasteiger partial charge is 0.125 e. The first-order valence-electron chi connectivity index (χ1n) is 6.50. The number of nitrogens with zero attached hydrogens (tertiary/aromatic N) is 2. The van der Waals surface area contributed by atoms with Gasteiger partial charge in [-0.3, -0.25) is 0 Å². The summed E-state index contributed by atoms with van der Waals surface area (Å²) in [6.07, 6.45) is 1.05. The standard InChI is InChI=1S/C14H16ClFN2O/c1-9(10-4-5-19-8-10)18-13-3-2-11(16)6-12(13)17-14(18)7-15/h2-3,6,9-10H,4-5,7-8H2,1H3. The van der Waals surface area contributed by atoms with Crippen LogP contribution in [0.3, 0.4) is 0 Å². The number of hydrogen-bond acceptors (Lipinski definition) is 2. The quantitative estimate of drug-likeness (QED) is 0.806. The van der Waals surface area contributed by atoms with Crippen LogP contribution in [0.5, 0.6) is 0 Å². The van der Waals surface area contributed by atoms with Gasteiger partial charge in [-0.1, -0.05) is 0 Å². The van der Waals surface area contributed by atoms with E-state index in [1.54, 1.807) is 6.07 Å². The lowest BCUT2D eigenvalue weighted by atomic mass is 10.0. The van der Waals surface area contributed by atoms with Gasteiger partial charge in [-0.25, -0.2) is 9.37 Å². The second-order valence-electron chi connectivity index (χ2n) is 5.03. The van der Waals surface area contributed by atoms with Crippen LogP contribution < -0.4 is 0 Å². The predicted molar refractivity (Wildman–Crippen MR) is 72.9 cm³/mol. The number of hydrogen-bond donors (Lipinski definition) is 0. The summed E-state index contributed by atoms with van der Waals surface area (Å²) in [5.41, 5.74) is 1.61. The summed E-state index contributed by atoms with van der Waals surface area (Å²) >= 11 is 5.99. The lowest BCUT2D eigenvalue weighted by Crippen LogP contribution is -2.18. The predicted octanol–water partition coefficient (Wildman–Crippen LogP) is 3.51. The zero-order chi connectivity index (χ0) is 13.4. The van der Waals surface area contributed by atoms with Crippen LogP contribution in [0.15, 0.2) is 18.2 Å². The fourth-order valence-corrected chi connectivity index (χ4v) is 3.00. The molecular weight excluding hydrogens is 267 g/mol. The van der Waals surface area contributed by atoms with E-state index >= 15 is 0 Å². The van der Waals surface area contributed by atoms with Crippen LogP contribution >= 0.6 is 11.6 Å². The largest absolute Gasteiger partial charge is 0.381 e. The minimum Gasteiger partial charge on any atom is -0.381 e. The van der Waals surface area contributed by atoms with Crippen molar-refractivity contribution >= 4 is 22.6 Å². The Morgan fingerprint density at radius 1 is 1.58 bits per heavy atom. The third-order valence-electron chi connectivity index (χ3n) is 3.90. The molecule has 1 aliphatic rings. The summed E-state index contributed by atoms with van der Waals surface area (Å²) in [5.74, 6) is 1.31. The number of ether oxygens (including phenoxy) is 1. The number of imidazole rings is 1. The van der Waals surface area contributed by atoms with Crippen molar-refractivity contribution in [1.29, 1.82) is 0 Å². The molecule has 2 unspecified atom stereocenters. The van der Waals surface area contributed by atoms with E-state index in [1.807, 2.05) is 0 Å². The highest BCUT2D eigenvalue weighted by Crippen LogP contribution is 2.31. The fourth-order valence-electron chi connectivity index (χ4n) is 2.81. The number of benzene rings is 1. The summed E-state index contributed by atoms with van der Waals surface area (Å²) < 4.78 is 20.9. The topological polar surface area (TPSA) is 27.1 Å². The maximum Gasteiger partial charge on any atom is 0.125 e. The van der Waals surface area contributed by atoms with Crippen molar-refractivity contribution < 1.29 is 9.13 Å². The highest BCUT2D eigenvalue weighted by atomic mass is 35.5. The van der Waals surface area contributed by atoms with Gasteiger partial charge in [0.15, 0.2) is 0 Å². The molecule has 0 bridgehead atoms. The van der Waals surface area contributed by atoms with E-state index in [4.69, 9.17) is 16.3 Å². The molecule has 1 saturated heterocycles. The Morgan fingerprint density at radius 2 is 2.42 bits per heavy atom. The van der Waals surface area contributed by atoms with Gasteiger partial charge in [0.2, 0.25) is 0 Å². The average molecular weight is 283 g/mol. The molecule has 0 saturated carbocycles. The number of fused-ring (bicyclic) bond motifs is 1. The minimum absolute atomic E-state index is 0.256. The van der Waals surface area contributed by atoms with Gasteiger partial charge >= 0.3 is 0 Å². The maximum atomic E-state index is 13.3. The molecule has 1 aliphatic heterocycles. The van der Waals surface area contributed by atoms with Crippen LogP contribution in [0.4, 0.5) is 4.39 Å². The van der Waals surface area contributed by atoms with Gasteiger partial charge in [0.25, 0.3) is 0 Å². The first-order valence-corrected chi connectivity index (χ1v) is 7.04. The lowest BCUT2D eigenvalue weighted by Gasteiger charge is -2.22.